The second-order valence-corrected chi connectivity index (χ2v) is 5.91. The molecule has 1 heterocycles. The van der Waals surface area contributed by atoms with Gasteiger partial charge >= 0.3 is 0 Å². The van der Waals surface area contributed by atoms with E-state index in [9.17, 15) is 14.9 Å². The van der Waals surface area contributed by atoms with E-state index in [0.29, 0.717) is 16.3 Å². The predicted octanol–water partition coefficient (Wildman–Crippen LogP) is 4.30. The highest BCUT2D eigenvalue weighted by atomic mass is 35.5. The summed E-state index contributed by atoms with van der Waals surface area (Å²) < 4.78 is 0.666. The number of nitro groups is 1. The first kappa shape index (κ1) is 14.5. The molecule has 0 saturated carbocycles. The number of nitrogens with one attached hydrogen (secondary N) is 1. The summed E-state index contributed by atoms with van der Waals surface area (Å²) in [4.78, 5) is 22.2. The molecule has 1 unspecified atom stereocenters. The van der Waals surface area contributed by atoms with Crippen molar-refractivity contribution in [2.24, 2.45) is 0 Å². The Morgan fingerprint density at radius 3 is 2.70 bits per heavy atom. The van der Waals surface area contributed by atoms with E-state index < -0.39 is 4.92 Å². The van der Waals surface area contributed by atoms with Gasteiger partial charge in [0.2, 0.25) is 0 Å². The third kappa shape index (κ3) is 3.15. The summed E-state index contributed by atoms with van der Waals surface area (Å²) in [5.74, 6) is 0. The van der Waals surface area contributed by atoms with E-state index in [1.54, 1.807) is 6.07 Å². The first-order chi connectivity index (χ1) is 9.51. The van der Waals surface area contributed by atoms with Crippen LogP contribution in [0.2, 0.25) is 4.34 Å². The Hall–Kier alpha value is -1.92. The molecule has 0 aliphatic rings. The van der Waals surface area contributed by atoms with Gasteiger partial charge in [-0.3, -0.25) is 14.9 Å². The van der Waals surface area contributed by atoms with Gasteiger partial charge in [-0.05, 0) is 31.2 Å². The Morgan fingerprint density at radius 2 is 2.15 bits per heavy atom. The molecule has 0 aliphatic heterocycles. The number of hydrogen-bond acceptors (Lipinski definition) is 5. The van der Waals surface area contributed by atoms with E-state index in [2.05, 4.69) is 5.32 Å². The van der Waals surface area contributed by atoms with Gasteiger partial charge < -0.3 is 5.32 Å². The van der Waals surface area contributed by atoms with Gasteiger partial charge in [0, 0.05) is 16.5 Å². The fraction of sp³-hybridized carbons (Fsp3) is 0.154. The number of aldehydes is 1. The Labute approximate surface area is 124 Å². The van der Waals surface area contributed by atoms with Crippen molar-refractivity contribution in [3.63, 3.8) is 0 Å². The molecule has 0 aliphatic carbocycles. The number of nitro benzene ring substituents is 1. The van der Waals surface area contributed by atoms with Gasteiger partial charge in [-0.15, -0.1) is 11.3 Å². The Kier molecular flexibility index (Phi) is 4.36. The molecular weight excluding hydrogens is 300 g/mol. The highest BCUT2D eigenvalue weighted by Gasteiger charge is 2.17. The maximum absolute atomic E-state index is 11.0. The number of rotatable bonds is 5. The molecule has 2 aromatic rings. The number of benzene rings is 1. The van der Waals surface area contributed by atoms with Crippen molar-refractivity contribution >= 4 is 40.6 Å². The number of nitrogens with zero attached hydrogens (tertiary/aromatic N) is 1. The summed E-state index contributed by atoms with van der Waals surface area (Å²) >= 11 is 7.29. The van der Waals surface area contributed by atoms with Gasteiger partial charge in [0.05, 0.1) is 15.3 Å². The third-order valence-electron chi connectivity index (χ3n) is 2.75. The molecule has 1 N–H and O–H groups in total. The van der Waals surface area contributed by atoms with Gasteiger partial charge in [-0.2, -0.15) is 0 Å². The quantitative estimate of drug-likeness (QED) is 0.508. The lowest BCUT2D eigenvalue weighted by molar-refractivity contribution is -0.384. The number of carbonyl (C=O) groups excluding carboxylic acids is 1. The molecule has 1 aromatic heterocycles. The van der Waals surface area contributed by atoms with Crippen LogP contribution in [0, 0.1) is 10.1 Å². The lowest BCUT2D eigenvalue weighted by atomic mass is 10.1. The van der Waals surface area contributed by atoms with Crippen LogP contribution in [0.15, 0.2) is 30.3 Å². The maximum atomic E-state index is 11.0. The first-order valence-corrected chi connectivity index (χ1v) is 6.96. The predicted molar refractivity (Wildman–Crippen MR) is 79.9 cm³/mol. The van der Waals surface area contributed by atoms with E-state index in [0.717, 1.165) is 4.88 Å². The molecule has 0 bridgehead atoms. The van der Waals surface area contributed by atoms with Gasteiger partial charge in [0.1, 0.15) is 12.0 Å². The van der Waals surface area contributed by atoms with Crippen LogP contribution in [0.1, 0.15) is 28.2 Å². The summed E-state index contributed by atoms with van der Waals surface area (Å²) in [5.41, 5.74) is 0.524. The van der Waals surface area contributed by atoms with Crippen LogP contribution >= 0.6 is 22.9 Å². The molecule has 7 heteroatoms. The molecule has 104 valence electrons. The van der Waals surface area contributed by atoms with Crippen molar-refractivity contribution in [2.45, 2.75) is 13.0 Å². The van der Waals surface area contributed by atoms with Crippen LogP contribution < -0.4 is 5.32 Å². The number of thiophene rings is 1. The molecule has 0 spiro atoms. The summed E-state index contributed by atoms with van der Waals surface area (Å²) in [6.45, 7) is 1.89. The van der Waals surface area contributed by atoms with Crippen molar-refractivity contribution in [3.8, 4) is 0 Å². The van der Waals surface area contributed by atoms with E-state index in [-0.39, 0.29) is 17.3 Å². The van der Waals surface area contributed by atoms with Crippen molar-refractivity contribution in [1.82, 2.24) is 0 Å². The average molecular weight is 311 g/mol. The van der Waals surface area contributed by atoms with E-state index >= 15 is 0 Å². The minimum absolute atomic E-state index is 0.117. The number of halogens is 1. The SMILES string of the molecule is CC(Nc1ccc(C=O)cc1[N+](=O)[O-])c1ccc(Cl)s1. The average Bonchev–Trinajstić information content (AvgIpc) is 2.85. The second kappa shape index (κ2) is 6.02. The molecule has 20 heavy (non-hydrogen) atoms. The van der Waals surface area contributed by atoms with Gasteiger partial charge in [-0.25, -0.2) is 0 Å². The van der Waals surface area contributed by atoms with Gasteiger partial charge in [0.15, 0.2) is 0 Å². The molecule has 1 aromatic carbocycles. The standard InChI is InChI=1S/C13H11ClN2O3S/c1-8(12-4-5-13(14)20-12)15-10-3-2-9(7-17)6-11(10)16(18)19/h2-8,15H,1H3. The summed E-state index contributed by atoms with van der Waals surface area (Å²) in [6.07, 6.45) is 0.583. The zero-order valence-corrected chi connectivity index (χ0v) is 12.1. The number of hydrogen-bond donors (Lipinski definition) is 1. The zero-order valence-electron chi connectivity index (χ0n) is 10.5. The van der Waals surface area contributed by atoms with E-state index in [1.807, 2.05) is 13.0 Å². The normalized spacial score (nSPS) is 11.9. The minimum atomic E-state index is -0.510. The van der Waals surface area contributed by atoms with Gasteiger partial charge in [0.25, 0.3) is 5.69 Å². The highest BCUT2D eigenvalue weighted by molar-refractivity contribution is 7.16. The molecule has 0 radical (unpaired) electrons. The summed E-state index contributed by atoms with van der Waals surface area (Å²) in [6, 6.07) is 7.86. The highest BCUT2D eigenvalue weighted by Crippen LogP contribution is 2.32. The maximum Gasteiger partial charge on any atom is 0.293 e. The molecule has 0 amide bonds. The largest absolute Gasteiger partial charge is 0.372 e. The van der Waals surface area contributed by atoms with Crippen LogP contribution in [-0.2, 0) is 0 Å². The van der Waals surface area contributed by atoms with Crippen LogP contribution in [-0.4, -0.2) is 11.2 Å². The fourth-order valence-electron chi connectivity index (χ4n) is 1.76. The summed E-state index contributed by atoms with van der Waals surface area (Å²) in [5, 5.41) is 14.1. The monoisotopic (exact) mass is 310 g/mol. The third-order valence-corrected chi connectivity index (χ3v) is 4.16. The Bertz CT molecular complexity index is 657. The zero-order chi connectivity index (χ0) is 14.7. The van der Waals surface area contributed by atoms with Crippen LogP contribution in [0.3, 0.4) is 0 Å². The van der Waals surface area contributed by atoms with Crippen molar-refractivity contribution in [3.05, 3.63) is 55.2 Å². The topological polar surface area (TPSA) is 72.2 Å². The van der Waals surface area contributed by atoms with Gasteiger partial charge in [-0.1, -0.05) is 11.6 Å². The smallest absolute Gasteiger partial charge is 0.293 e. The lowest BCUT2D eigenvalue weighted by Gasteiger charge is -2.13. The molecule has 1 atom stereocenters. The Morgan fingerprint density at radius 1 is 1.40 bits per heavy atom. The Balaban J connectivity index is 2.28. The molecular formula is C13H11ClN2O3S. The van der Waals surface area contributed by atoms with Crippen LogP contribution in [0.4, 0.5) is 11.4 Å². The van der Waals surface area contributed by atoms with Crippen molar-refractivity contribution < 1.29 is 9.72 Å². The number of anilines is 1. The minimum Gasteiger partial charge on any atom is -0.372 e. The summed E-state index contributed by atoms with van der Waals surface area (Å²) in [7, 11) is 0. The van der Waals surface area contributed by atoms with E-state index in [1.165, 1.54) is 29.5 Å². The molecule has 0 fully saturated rings. The van der Waals surface area contributed by atoms with Crippen molar-refractivity contribution in [1.29, 1.82) is 0 Å². The molecule has 5 nitrogen and oxygen atoms in total. The van der Waals surface area contributed by atoms with Crippen LogP contribution in [0.25, 0.3) is 0 Å². The first-order valence-electron chi connectivity index (χ1n) is 5.76. The lowest BCUT2D eigenvalue weighted by Crippen LogP contribution is -2.07. The fourth-order valence-corrected chi connectivity index (χ4v) is 2.82. The van der Waals surface area contributed by atoms with E-state index in [4.69, 9.17) is 11.6 Å². The second-order valence-electron chi connectivity index (χ2n) is 4.16. The molecule has 0 saturated heterocycles. The number of carbonyl (C=O) groups is 1. The molecule has 2 rings (SSSR count). The van der Waals surface area contributed by atoms with Crippen LogP contribution in [0.5, 0.6) is 0 Å². The van der Waals surface area contributed by atoms with Crippen molar-refractivity contribution in [2.75, 3.05) is 5.32 Å².